The summed E-state index contributed by atoms with van der Waals surface area (Å²) in [6.07, 6.45) is 13.3. The normalized spacial score (nSPS) is 21.4. The standard InChI is InChI=1S/C19H22N8O/c28-19-8-13-2-1-3-16(13)25-27(19)15-6-4-14(5-7-15)23-17-9-20-10-18(24-17)26-12-21-11-22-26/h8-12,14-15H,1-7H2,(H,23,24). The Morgan fingerprint density at radius 2 is 1.96 bits per heavy atom. The second-order valence-corrected chi connectivity index (χ2v) is 7.50. The summed E-state index contributed by atoms with van der Waals surface area (Å²) in [5.74, 6) is 1.36. The van der Waals surface area contributed by atoms with Crippen molar-refractivity contribution in [1.29, 1.82) is 0 Å². The summed E-state index contributed by atoms with van der Waals surface area (Å²) in [5.41, 5.74) is 2.30. The third kappa shape index (κ3) is 3.28. The first-order chi connectivity index (χ1) is 13.8. The van der Waals surface area contributed by atoms with Crippen LogP contribution in [-0.2, 0) is 12.8 Å². The molecule has 0 aromatic carbocycles. The van der Waals surface area contributed by atoms with Crippen LogP contribution in [0.25, 0.3) is 5.82 Å². The minimum atomic E-state index is 0.0449. The molecule has 2 aliphatic rings. The Hall–Kier alpha value is -3.10. The quantitative estimate of drug-likeness (QED) is 0.737. The van der Waals surface area contributed by atoms with E-state index < -0.39 is 0 Å². The lowest BCUT2D eigenvalue weighted by Crippen LogP contribution is -2.34. The lowest BCUT2D eigenvalue weighted by atomic mass is 9.91. The maximum Gasteiger partial charge on any atom is 0.267 e. The first-order valence-corrected chi connectivity index (χ1v) is 9.81. The Morgan fingerprint density at radius 3 is 2.79 bits per heavy atom. The van der Waals surface area contributed by atoms with Gasteiger partial charge in [-0.05, 0) is 50.5 Å². The minimum Gasteiger partial charge on any atom is -0.366 e. The van der Waals surface area contributed by atoms with Crippen LogP contribution in [0.4, 0.5) is 5.82 Å². The molecule has 0 radical (unpaired) electrons. The van der Waals surface area contributed by atoms with Gasteiger partial charge in [0.15, 0.2) is 5.82 Å². The molecule has 9 nitrogen and oxygen atoms in total. The van der Waals surface area contributed by atoms with Crippen molar-refractivity contribution in [3.05, 3.63) is 52.7 Å². The fourth-order valence-electron chi connectivity index (χ4n) is 4.21. The average molecular weight is 378 g/mol. The largest absolute Gasteiger partial charge is 0.366 e. The molecule has 0 unspecified atom stereocenters. The smallest absolute Gasteiger partial charge is 0.267 e. The molecule has 0 spiro atoms. The van der Waals surface area contributed by atoms with Gasteiger partial charge in [-0.15, -0.1) is 0 Å². The topological polar surface area (TPSA) is 103 Å². The van der Waals surface area contributed by atoms with E-state index in [-0.39, 0.29) is 11.6 Å². The second kappa shape index (κ2) is 7.14. The summed E-state index contributed by atoms with van der Waals surface area (Å²) in [6.45, 7) is 0. The van der Waals surface area contributed by atoms with Crippen LogP contribution >= 0.6 is 0 Å². The van der Waals surface area contributed by atoms with Crippen LogP contribution in [0.3, 0.4) is 0 Å². The van der Waals surface area contributed by atoms with Crippen molar-refractivity contribution in [2.75, 3.05) is 5.32 Å². The maximum atomic E-state index is 12.5. The highest BCUT2D eigenvalue weighted by atomic mass is 16.1. The van der Waals surface area contributed by atoms with Gasteiger partial charge in [-0.3, -0.25) is 9.78 Å². The molecular formula is C19H22N8O. The Balaban J connectivity index is 1.25. The summed E-state index contributed by atoms with van der Waals surface area (Å²) >= 11 is 0. The fourth-order valence-corrected chi connectivity index (χ4v) is 4.21. The molecule has 5 rings (SSSR count). The lowest BCUT2D eigenvalue weighted by molar-refractivity contribution is 0.301. The van der Waals surface area contributed by atoms with Crippen LogP contribution in [0.1, 0.15) is 49.4 Å². The van der Waals surface area contributed by atoms with Gasteiger partial charge in [0, 0.05) is 12.1 Å². The Bertz CT molecular complexity index is 1020. The molecule has 2 aliphatic carbocycles. The zero-order valence-electron chi connectivity index (χ0n) is 15.5. The molecule has 144 valence electrons. The van der Waals surface area contributed by atoms with E-state index in [0.717, 1.165) is 62.0 Å². The lowest BCUT2D eigenvalue weighted by Gasteiger charge is -2.30. The average Bonchev–Trinajstić information content (AvgIpc) is 3.40. The second-order valence-electron chi connectivity index (χ2n) is 7.50. The predicted molar refractivity (Wildman–Crippen MR) is 102 cm³/mol. The third-order valence-corrected chi connectivity index (χ3v) is 5.65. The molecule has 3 heterocycles. The van der Waals surface area contributed by atoms with Crippen LogP contribution < -0.4 is 10.9 Å². The van der Waals surface area contributed by atoms with Crippen molar-refractivity contribution in [3.63, 3.8) is 0 Å². The molecule has 0 aliphatic heterocycles. The summed E-state index contributed by atoms with van der Waals surface area (Å²) in [6, 6.07) is 2.29. The molecule has 0 saturated heterocycles. The zero-order chi connectivity index (χ0) is 18.9. The van der Waals surface area contributed by atoms with Crippen molar-refractivity contribution < 1.29 is 0 Å². The van der Waals surface area contributed by atoms with E-state index in [0.29, 0.717) is 11.9 Å². The minimum absolute atomic E-state index is 0.0449. The van der Waals surface area contributed by atoms with Gasteiger partial charge in [0.05, 0.1) is 24.1 Å². The van der Waals surface area contributed by atoms with E-state index in [4.69, 9.17) is 0 Å². The number of hydrogen-bond acceptors (Lipinski definition) is 7. The molecule has 28 heavy (non-hydrogen) atoms. The highest BCUT2D eigenvalue weighted by Crippen LogP contribution is 2.29. The molecule has 1 N–H and O–H groups in total. The van der Waals surface area contributed by atoms with Crippen molar-refractivity contribution in [1.82, 2.24) is 34.5 Å². The summed E-state index contributed by atoms with van der Waals surface area (Å²) in [7, 11) is 0. The zero-order valence-corrected chi connectivity index (χ0v) is 15.5. The molecule has 9 heteroatoms. The van der Waals surface area contributed by atoms with Crippen molar-refractivity contribution in [3.8, 4) is 5.82 Å². The van der Waals surface area contributed by atoms with Gasteiger partial charge in [-0.1, -0.05) is 0 Å². The number of hydrogen-bond donors (Lipinski definition) is 1. The summed E-state index contributed by atoms with van der Waals surface area (Å²) in [4.78, 5) is 25.2. The van der Waals surface area contributed by atoms with Crippen LogP contribution in [-0.4, -0.2) is 40.6 Å². The van der Waals surface area contributed by atoms with E-state index >= 15 is 0 Å². The number of aromatic nitrogens is 7. The Morgan fingerprint density at radius 1 is 1.07 bits per heavy atom. The number of anilines is 1. The van der Waals surface area contributed by atoms with Crippen LogP contribution in [0, 0.1) is 0 Å². The van der Waals surface area contributed by atoms with Crippen molar-refractivity contribution >= 4 is 5.82 Å². The van der Waals surface area contributed by atoms with Crippen LogP contribution in [0.15, 0.2) is 35.9 Å². The molecule has 0 bridgehead atoms. The SMILES string of the molecule is O=c1cc2c(nn1C1CCC(Nc3cncc(-n4cncn4)n3)CC1)CCC2. The van der Waals surface area contributed by atoms with Crippen LogP contribution in [0.2, 0.25) is 0 Å². The van der Waals surface area contributed by atoms with Gasteiger partial charge in [0.1, 0.15) is 18.5 Å². The van der Waals surface area contributed by atoms with E-state index in [2.05, 4.69) is 30.5 Å². The molecule has 3 aromatic heterocycles. The number of rotatable bonds is 4. The maximum absolute atomic E-state index is 12.5. The molecule has 3 aromatic rings. The van der Waals surface area contributed by atoms with Gasteiger partial charge >= 0.3 is 0 Å². The Labute approximate surface area is 161 Å². The summed E-state index contributed by atoms with van der Waals surface area (Å²) < 4.78 is 3.31. The van der Waals surface area contributed by atoms with E-state index in [1.165, 1.54) is 6.33 Å². The highest BCUT2D eigenvalue weighted by Gasteiger charge is 2.25. The monoisotopic (exact) mass is 378 g/mol. The predicted octanol–water partition coefficient (Wildman–Crippen LogP) is 1.70. The number of nitrogens with zero attached hydrogens (tertiary/aromatic N) is 7. The molecule has 1 saturated carbocycles. The van der Waals surface area contributed by atoms with E-state index in [1.54, 1.807) is 34.2 Å². The summed E-state index contributed by atoms with van der Waals surface area (Å²) in [5, 5.41) is 12.2. The van der Waals surface area contributed by atoms with Gasteiger partial charge in [-0.25, -0.2) is 19.3 Å². The van der Waals surface area contributed by atoms with Gasteiger partial charge in [0.2, 0.25) is 0 Å². The number of nitrogens with one attached hydrogen (secondary N) is 1. The van der Waals surface area contributed by atoms with E-state index in [1.807, 2.05) is 0 Å². The number of fused-ring (bicyclic) bond motifs is 1. The van der Waals surface area contributed by atoms with Crippen molar-refractivity contribution in [2.45, 2.75) is 57.0 Å². The van der Waals surface area contributed by atoms with E-state index in [9.17, 15) is 4.79 Å². The van der Waals surface area contributed by atoms with Gasteiger partial charge in [0.25, 0.3) is 5.56 Å². The van der Waals surface area contributed by atoms with Gasteiger partial charge in [-0.2, -0.15) is 10.2 Å². The van der Waals surface area contributed by atoms with Gasteiger partial charge < -0.3 is 5.32 Å². The molecular weight excluding hydrogens is 356 g/mol. The third-order valence-electron chi connectivity index (χ3n) is 5.65. The first-order valence-electron chi connectivity index (χ1n) is 9.81. The molecule has 0 amide bonds. The first kappa shape index (κ1) is 17.0. The highest BCUT2D eigenvalue weighted by molar-refractivity contribution is 5.36. The molecule has 1 fully saturated rings. The van der Waals surface area contributed by atoms with Crippen molar-refractivity contribution in [2.24, 2.45) is 0 Å². The molecule has 0 atom stereocenters. The fraction of sp³-hybridized carbons (Fsp3) is 0.474. The van der Waals surface area contributed by atoms with Crippen LogP contribution in [0.5, 0.6) is 0 Å². The Kier molecular flexibility index (Phi) is 4.34. The number of aryl methyl sites for hydroxylation is 2.